The molecule has 2 bridgehead atoms. The normalized spacial score (nSPS) is 18.9. The van der Waals surface area contributed by atoms with Gasteiger partial charge in [0.2, 0.25) is 0 Å². The number of piperidine rings is 1. The molecule has 0 radical (unpaired) electrons. The highest BCUT2D eigenvalue weighted by molar-refractivity contribution is 5.91. The van der Waals surface area contributed by atoms with Crippen LogP contribution in [0.2, 0.25) is 0 Å². The predicted octanol–water partition coefficient (Wildman–Crippen LogP) is 4.18. The van der Waals surface area contributed by atoms with Crippen LogP contribution in [0.1, 0.15) is 18.0 Å². The molecule has 7 nitrogen and oxygen atoms in total. The van der Waals surface area contributed by atoms with E-state index in [1.165, 1.54) is 0 Å². The van der Waals surface area contributed by atoms with E-state index in [4.69, 9.17) is 9.47 Å². The minimum absolute atomic E-state index is 0.0271. The number of carbonyl (C=O) groups excluding carboxylic acids is 1. The van der Waals surface area contributed by atoms with Crippen LogP contribution in [0.5, 0.6) is 11.5 Å². The monoisotopic (exact) mass is 445 g/mol. The number of hydrogen-bond acceptors (Lipinski definition) is 4. The van der Waals surface area contributed by atoms with Gasteiger partial charge in [0.1, 0.15) is 11.5 Å². The molecule has 33 heavy (non-hydrogen) atoms. The van der Waals surface area contributed by atoms with Gasteiger partial charge in [0, 0.05) is 36.8 Å². The molecular formula is C26H27N3O4. The van der Waals surface area contributed by atoms with Crippen LogP contribution in [0.25, 0.3) is 11.1 Å². The third-order valence-electron chi connectivity index (χ3n) is 6.64. The van der Waals surface area contributed by atoms with Crippen LogP contribution in [-0.4, -0.2) is 42.8 Å². The molecule has 3 aromatic rings. The van der Waals surface area contributed by atoms with E-state index in [2.05, 4.69) is 5.32 Å². The van der Waals surface area contributed by atoms with Crippen molar-refractivity contribution >= 4 is 11.7 Å². The molecule has 1 N–H and O–H groups in total. The smallest absolute Gasteiger partial charge is 0.321 e. The number of amides is 2. The third-order valence-corrected chi connectivity index (χ3v) is 6.64. The molecule has 0 unspecified atom stereocenters. The lowest BCUT2D eigenvalue weighted by molar-refractivity contribution is 0.139. The topological polar surface area (TPSA) is 72.8 Å². The Hall–Kier alpha value is -3.74. The van der Waals surface area contributed by atoms with Gasteiger partial charge in [-0.25, -0.2) is 4.79 Å². The number of rotatable bonds is 4. The number of aromatic nitrogens is 1. The highest BCUT2D eigenvalue weighted by Gasteiger charge is 2.37. The number of fused-ring (bicyclic) bond motifs is 4. The van der Waals surface area contributed by atoms with Gasteiger partial charge in [-0.05, 0) is 54.3 Å². The molecule has 1 saturated heterocycles. The number of methoxy groups -OCH3 is 2. The number of para-hydroxylation sites is 2. The van der Waals surface area contributed by atoms with Crippen LogP contribution in [0.4, 0.5) is 10.5 Å². The average molecular weight is 446 g/mol. The van der Waals surface area contributed by atoms with E-state index >= 15 is 0 Å². The number of pyridine rings is 1. The molecule has 2 aromatic carbocycles. The Kier molecular flexibility index (Phi) is 5.54. The van der Waals surface area contributed by atoms with Crippen LogP contribution in [0.3, 0.4) is 0 Å². The summed E-state index contributed by atoms with van der Waals surface area (Å²) in [5.41, 5.74) is 3.25. The molecule has 2 atom stereocenters. The van der Waals surface area contributed by atoms with Gasteiger partial charge in [-0.3, -0.25) is 4.79 Å². The molecule has 2 aliphatic heterocycles. The lowest BCUT2D eigenvalue weighted by atomic mass is 9.83. The Morgan fingerprint density at radius 3 is 2.48 bits per heavy atom. The zero-order valence-electron chi connectivity index (χ0n) is 18.8. The lowest BCUT2D eigenvalue weighted by Crippen LogP contribution is -2.50. The van der Waals surface area contributed by atoms with Crippen LogP contribution >= 0.6 is 0 Å². The largest absolute Gasteiger partial charge is 0.497 e. The maximum Gasteiger partial charge on any atom is 0.321 e. The Bertz CT molecular complexity index is 1240. The van der Waals surface area contributed by atoms with Gasteiger partial charge in [-0.2, -0.15) is 0 Å². The molecule has 1 fully saturated rings. The molecule has 3 heterocycles. The summed E-state index contributed by atoms with van der Waals surface area (Å²) in [6, 6.07) is 18.8. The number of urea groups is 1. The minimum atomic E-state index is -0.139. The maximum absolute atomic E-state index is 13.4. The minimum Gasteiger partial charge on any atom is -0.497 e. The van der Waals surface area contributed by atoms with Crippen LogP contribution in [0.15, 0.2) is 65.5 Å². The SMILES string of the molecule is COc1ccc(-c2ccc3n(c2=O)C[C@@H]2C[C@@H]3CN(C(=O)Nc3ccccc3OC)C2)cc1. The second-order valence-corrected chi connectivity index (χ2v) is 8.65. The number of nitrogens with one attached hydrogen (secondary N) is 1. The van der Waals surface area contributed by atoms with Gasteiger partial charge in [0.15, 0.2) is 0 Å². The van der Waals surface area contributed by atoms with Crippen molar-refractivity contribution in [3.05, 3.63) is 76.7 Å². The van der Waals surface area contributed by atoms with Crippen LogP contribution in [0, 0.1) is 5.92 Å². The van der Waals surface area contributed by atoms with E-state index in [1.807, 2.05) is 70.1 Å². The number of benzene rings is 2. The summed E-state index contributed by atoms with van der Waals surface area (Å²) in [5, 5.41) is 2.98. The summed E-state index contributed by atoms with van der Waals surface area (Å²) < 4.78 is 12.5. The number of anilines is 1. The Labute approximate surface area is 192 Å². The second-order valence-electron chi connectivity index (χ2n) is 8.65. The highest BCUT2D eigenvalue weighted by Crippen LogP contribution is 2.36. The number of carbonyl (C=O) groups is 1. The molecule has 0 spiro atoms. The molecule has 2 amide bonds. The lowest BCUT2D eigenvalue weighted by Gasteiger charge is -2.42. The number of likely N-dealkylation sites (tertiary alicyclic amines) is 1. The van der Waals surface area contributed by atoms with Crippen LogP contribution in [-0.2, 0) is 6.54 Å². The van der Waals surface area contributed by atoms with Gasteiger partial charge in [0.05, 0.1) is 19.9 Å². The van der Waals surface area contributed by atoms with Crippen molar-refractivity contribution in [1.29, 1.82) is 0 Å². The fourth-order valence-electron chi connectivity index (χ4n) is 5.04. The average Bonchev–Trinajstić information content (AvgIpc) is 2.85. The van der Waals surface area contributed by atoms with E-state index in [9.17, 15) is 9.59 Å². The van der Waals surface area contributed by atoms with Gasteiger partial charge < -0.3 is 24.3 Å². The predicted molar refractivity (Wildman–Crippen MR) is 127 cm³/mol. The van der Waals surface area contributed by atoms with Gasteiger partial charge in [-0.15, -0.1) is 0 Å². The summed E-state index contributed by atoms with van der Waals surface area (Å²) >= 11 is 0. The Balaban J connectivity index is 1.38. The molecule has 2 aliphatic rings. The van der Waals surface area contributed by atoms with E-state index in [0.717, 1.165) is 23.4 Å². The molecule has 0 aliphatic carbocycles. The van der Waals surface area contributed by atoms with Crippen molar-refractivity contribution < 1.29 is 14.3 Å². The molecule has 7 heteroatoms. The Morgan fingerprint density at radius 2 is 1.73 bits per heavy atom. The fourth-order valence-corrected chi connectivity index (χ4v) is 5.04. The van der Waals surface area contributed by atoms with Crippen molar-refractivity contribution in [3.63, 3.8) is 0 Å². The number of hydrogen-bond donors (Lipinski definition) is 1. The Morgan fingerprint density at radius 1 is 0.939 bits per heavy atom. The first-order chi connectivity index (χ1) is 16.1. The summed E-state index contributed by atoms with van der Waals surface area (Å²) in [6.07, 6.45) is 0.986. The van der Waals surface area contributed by atoms with E-state index in [1.54, 1.807) is 14.2 Å². The van der Waals surface area contributed by atoms with E-state index in [0.29, 0.717) is 36.6 Å². The van der Waals surface area contributed by atoms with E-state index in [-0.39, 0.29) is 23.4 Å². The van der Waals surface area contributed by atoms with Gasteiger partial charge in [-0.1, -0.05) is 24.3 Å². The highest BCUT2D eigenvalue weighted by atomic mass is 16.5. The molecule has 170 valence electrons. The first kappa shape index (κ1) is 21.1. The van der Waals surface area contributed by atoms with Crippen molar-refractivity contribution in [2.24, 2.45) is 5.92 Å². The quantitative estimate of drug-likeness (QED) is 0.654. The van der Waals surface area contributed by atoms with E-state index < -0.39 is 0 Å². The van der Waals surface area contributed by atoms with Gasteiger partial charge in [0.25, 0.3) is 5.56 Å². The third kappa shape index (κ3) is 3.95. The molecule has 1 aromatic heterocycles. The van der Waals surface area contributed by atoms with Crippen molar-refractivity contribution in [1.82, 2.24) is 9.47 Å². The van der Waals surface area contributed by atoms with Crippen molar-refractivity contribution in [3.8, 4) is 22.6 Å². The zero-order valence-corrected chi connectivity index (χ0v) is 18.8. The second kappa shape index (κ2) is 8.65. The van der Waals surface area contributed by atoms with Crippen LogP contribution < -0.4 is 20.3 Å². The van der Waals surface area contributed by atoms with Crippen molar-refractivity contribution in [2.45, 2.75) is 18.9 Å². The summed E-state index contributed by atoms with van der Waals surface area (Å²) in [7, 11) is 3.21. The first-order valence-corrected chi connectivity index (χ1v) is 11.1. The molecular weight excluding hydrogens is 418 g/mol. The van der Waals surface area contributed by atoms with Crippen molar-refractivity contribution in [2.75, 3.05) is 32.6 Å². The number of ether oxygens (including phenoxy) is 2. The first-order valence-electron chi connectivity index (χ1n) is 11.1. The summed E-state index contributed by atoms with van der Waals surface area (Å²) in [5.74, 6) is 1.77. The fraction of sp³-hybridized carbons (Fsp3) is 0.308. The summed E-state index contributed by atoms with van der Waals surface area (Å²) in [4.78, 5) is 28.2. The van der Waals surface area contributed by atoms with Gasteiger partial charge >= 0.3 is 6.03 Å². The summed E-state index contributed by atoms with van der Waals surface area (Å²) in [6.45, 7) is 1.82. The molecule has 5 rings (SSSR count). The standard InChI is InChI=1S/C26H27N3O4/c1-32-20-9-7-18(8-10-20)21-11-12-23-19-13-17(15-29(23)25(21)30)14-28(16-19)26(31)27-22-5-3-4-6-24(22)33-2/h3-12,17,19H,13-16H2,1-2H3,(H,27,31)/t17-,19-/m1/s1. The molecule has 0 saturated carbocycles. The zero-order chi connectivity index (χ0) is 22.9. The maximum atomic E-state index is 13.4. The number of nitrogens with zero attached hydrogens (tertiary/aromatic N) is 2.